The van der Waals surface area contributed by atoms with E-state index in [1.807, 2.05) is 46.0 Å². The number of benzene rings is 2. The Labute approximate surface area is 198 Å². The Bertz CT molecular complexity index is 1220. The van der Waals surface area contributed by atoms with Crippen LogP contribution in [0.25, 0.3) is 0 Å². The number of likely N-dealkylation sites (tertiary alicyclic amines) is 1. The molecule has 1 N–H and O–H groups in total. The fourth-order valence-corrected chi connectivity index (χ4v) is 5.89. The van der Waals surface area contributed by atoms with Crippen molar-refractivity contribution in [2.45, 2.75) is 57.1 Å². The summed E-state index contributed by atoms with van der Waals surface area (Å²) in [6.45, 7) is 5.53. The highest BCUT2D eigenvalue weighted by molar-refractivity contribution is 5.94. The normalized spacial score (nSPS) is 26.8. The lowest BCUT2D eigenvalue weighted by Crippen LogP contribution is -2.54. The number of phenolic OH excluding ortho intramolecular Hbond substituents is 1. The number of hydrogen-bond acceptors (Lipinski definition) is 5. The highest BCUT2D eigenvalue weighted by Gasteiger charge is 2.54. The summed E-state index contributed by atoms with van der Waals surface area (Å²) < 4.78 is 15.0. The van der Waals surface area contributed by atoms with E-state index in [2.05, 4.69) is 18.8 Å². The molecule has 1 aromatic heterocycles. The molecule has 0 unspecified atom stereocenters. The highest BCUT2D eigenvalue weighted by atomic mass is 16.5. The number of hydrogen-bond donors (Lipinski definition) is 1. The van der Waals surface area contributed by atoms with Crippen molar-refractivity contribution in [3.05, 3.63) is 77.9 Å². The second-order valence-electron chi connectivity index (χ2n) is 10.2. The number of phenols is 1. The zero-order valence-corrected chi connectivity index (χ0v) is 19.4. The molecule has 4 heterocycles. The molecule has 0 aliphatic carbocycles. The minimum Gasteiger partial charge on any atom is -0.508 e. The number of ether oxygens (including phenoxy) is 2. The lowest BCUT2D eigenvalue weighted by Gasteiger charge is -2.50. The molecule has 3 aliphatic heterocycles. The molecule has 4 atom stereocenters. The van der Waals surface area contributed by atoms with Crippen LogP contribution in [-0.4, -0.2) is 49.8 Å². The second kappa shape index (κ2) is 7.87. The molecule has 0 radical (unpaired) electrons. The van der Waals surface area contributed by atoms with Crippen molar-refractivity contribution < 1.29 is 19.4 Å². The van der Waals surface area contributed by atoms with Gasteiger partial charge in [0.05, 0.1) is 24.6 Å². The summed E-state index contributed by atoms with van der Waals surface area (Å²) in [6.07, 6.45) is 6.89. The maximum atomic E-state index is 13.6. The van der Waals surface area contributed by atoms with Crippen LogP contribution in [0.15, 0.2) is 61.2 Å². The van der Waals surface area contributed by atoms with Gasteiger partial charge in [-0.25, -0.2) is 4.98 Å². The van der Waals surface area contributed by atoms with Crippen LogP contribution in [0.2, 0.25) is 0 Å². The topological polar surface area (TPSA) is 76.8 Å². The second-order valence-corrected chi connectivity index (χ2v) is 10.2. The van der Waals surface area contributed by atoms with Crippen molar-refractivity contribution in [1.29, 1.82) is 0 Å². The van der Waals surface area contributed by atoms with Gasteiger partial charge in [-0.3, -0.25) is 4.79 Å². The Kier molecular flexibility index (Phi) is 4.92. The van der Waals surface area contributed by atoms with Gasteiger partial charge < -0.3 is 24.0 Å². The Morgan fingerprint density at radius 2 is 2.12 bits per heavy atom. The van der Waals surface area contributed by atoms with Gasteiger partial charge in [0.15, 0.2) is 0 Å². The number of carbonyl (C=O) groups excluding carboxylic acids is 1. The third-order valence-corrected chi connectivity index (χ3v) is 7.59. The van der Waals surface area contributed by atoms with E-state index in [4.69, 9.17) is 9.47 Å². The summed E-state index contributed by atoms with van der Waals surface area (Å²) >= 11 is 0. The van der Waals surface area contributed by atoms with E-state index in [1.165, 1.54) is 0 Å². The van der Waals surface area contributed by atoms with Crippen LogP contribution in [0.5, 0.6) is 11.5 Å². The third-order valence-electron chi connectivity index (χ3n) is 7.59. The first kappa shape index (κ1) is 21.2. The summed E-state index contributed by atoms with van der Waals surface area (Å²) in [5.74, 6) is 1.10. The molecule has 2 aromatic carbocycles. The van der Waals surface area contributed by atoms with Crippen LogP contribution in [0, 0.1) is 5.92 Å². The standard InChI is InChI=1S/C27H29N3O4/c1-27(2)21-14-22-24(33-25(21)20-13-19(31)6-7-23(20)34-27)8-10-30(22)26(32)18-5-3-4-17(12-18)15-29-11-9-28-16-29/h3-7,9,11-13,16,21-22,24-25,31H,8,10,14-15H2,1-2H3/t21-,22+,24-,25+/m1/s1. The highest BCUT2D eigenvalue weighted by Crippen LogP contribution is 2.53. The number of imidazole rings is 1. The first-order chi connectivity index (χ1) is 16.4. The van der Waals surface area contributed by atoms with Crippen molar-refractivity contribution >= 4 is 5.91 Å². The van der Waals surface area contributed by atoms with Gasteiger partial charge in [0.25, 0.3) is 5.91 Å². The molecule has 0 bridgehead atoms. The number of aromatic hydroxyl groups is 1. The van der Waals surface area contributed by atoms with Crippen LogP contribution in [0.4, 0.5) is 0 Å². The number of aromatic nitrogens is 2. The van der Waals surface area contributed by atoms with Crippen LogP contribution in [0.3, 0.4) is 0 Å². The Hall–Kier alpha value is -3.32. The van der Waals surface area contributed by atoms with Crippen molar-refractivity contribution in [3.63, 3.8) is 0 Å². The van der Waals surface area contributed by atoms with Gasteiger partial charge in [-0.15, -0.1) is 0 Å². The predicted octanol–water partition coefficient (Wildman–Crippen LogP) is 4.17. The molecular weight excluding hydrogens is 430 g/mol. The average molecular weight is 460 g/mol. The van der Waals surface area contributed by atoms with E-state index < -0.39 is 5.60 Å². The van der Waals surface area contributed by atoms with Gasteiger partial charge in [-0.1, -0.05) is 12.1 Å². The monoisotopic (exact) mass is 459 g/mol. The molecule has 2 saturated heterocycles. The summed E-state index contributed by atoms with van der Waals surface area (Å²) in [7, 11) is 0. The molecular formula is C27H29N3O4. The molecule has 0 spiro atoms. The summed E-state index contributed by atoms with van der Waals surface area (Å²) in [5.41, 5.74) is 2.23. The van der Waals surface area contributed by atoms with E-state index >= 15 is 0 Å². The van der Waals surface area contributed by atoms with Gasteiger partial charge in [-0.2, -0.15) is 0 Å². The number of rotatable bonds is 3. The number of nitrogens with zero attached hydrogens (tertiary/aromatic N) is 3. The minimum absolute atomic E-state index is 0.00721. The van der Waals surface area contributed by atoms with E-state index in [-0.39, 0.29) is 35.8 Å². The molecule has 176 valence electrons. The molecule has 6 rings (SSSR count). The fraction of sp³-hybridized carbons (Fsp3) is 0.407. The van der Waals surface area contributed by atoms with Crippen molar-refractivity contribution in [3.8, 4) is 11.5 Å². The zero-order valence-electron chi connectivity index (χ0n) is 19.4. The Morgan fingerprint density at radius 3 is 2.94 bits per heavy atom. The largest absolute Gasteiger partial charge is 0.508 e. The molecule has 1 amide bonds. The van der Waals surface area contributed by atoms with Gasteiger partial charge in [0.2, 0.25) is 0 Å². The number of amides is 1. The molecule has 7 heteroatoms. The van der Waals surface area contributed by atoms with Gasteiger partial charge >= 0.3 is 0 Å². The first-order valence-electron chi connectivity index (χ1n) is 11.9. The zero-order chi connectivity index (χ0) is 23.4. The van der Waals surface area contributed by atoms with Crippen LogP contribution in [0.1, 0.15) is 54.3 Å². The lowest BCUT2D eigenvalue weighted by molar-refractivity contribution is -0.159. The Balaban J connectivity index is 1.25. The van der Waals surface area contributed by atoms with Gasteiger partial charge in [-0.05, 0) is 62.6 Å². The third kappa shape index (κ3) is 3.55. The van der Waals surface area contributed by atoms with Gasteiger partial charge in [0.1, 0.15) is 17.1 Å². The van der Waals surface area contributed by atoms with Crippen LogP contribution >= 0.6 is 0 Å². The van der Waals surface area contributed by atoms with Gasteiger partial charge in [0, 0.05) is 42.5 Å². The molecule has 3 aromatic rings. The first-order valence-corrected chi connectivity index (χ1v) is 11.9. The van der Waals surface area contributed by atoms with E-state index in [0.29, 0.717) is 18.7 Å². The molecule has 34 heavy (non-hydrogen) atoms. The smallest absolute Gasteiger partial charge is 0.254 e. The maximum Gasteiger partial charge on any atom is 0.254 e. The predicted molar refractivity (Wildman–Crippen MR) is 126 cm³/mol. The molecule has 0 saturated carbocycles. The lowest BCUT2D eigenvalue weighted by atomic mass is 9.74. The maximum absolute atomic E-state index is 13.6. The molecule has 2 fully saturated rings. The number of fused-ring (bicyclic) bond motifs is 4. The van der Waals surface area contributed by atoms with Crippen LogP contribution in [-0.2, 0) is 11.3 Å². The van der Waals surface area contributed by atoms with E-state index in [1.54, 1.807) is 24.7 Å². The SMILES string of the molecule is CC1(C)Oc2ccc(O)cc2[C@@H]2O[C@@H]3CCN(C(=O)c4cccc(Cn5ccnc5)c4)[C@H]3C[C@H]21. The van der Waals surface area contributed by atoms with E-state index in [9.17, 15) is 9.90 Å². The van der Waals surface area contributed by atoms with E-state index in [0.717, 1.165) is 29.7 Å². The molecule has 7 nitrogen and oxygen atoms in total. The van der Waals surface area contributed by atoms with Crippen molar-refractivity contribution in [2.24, 2.45) is 5.92 Å². The van der Waals surface area contributed by atoms with Crippen molar-refractivity contribution in [2.75, 3.05) is 6.54 Å². The minimum atomic E-state index is -0.443. The van der Waals surface area contributed by atoms with Crippen molar-refractivity contribution in [1.82, 2.24) is 14.5 Å². The summed E-state index contributed by atoms with van der Waals surface area (Å²) in [6, 6.07) is 13.1. The Morgan fingerprint density at radius 1 is 1.24 bits per heavy atom. The number of carbonyl (C=O) groups is 1. The molecule has 3 aliphatic rings. The summed E-state index contributed by atoms with van der Waals surface area (Å²) in [4.78, 5) is 19.7. The van der Waals surface area contributed by atoms with Crippen LogP contribution < -0.4 is 4.74 Å². The average Bonchev–Trinajstić information content (AvgIpc) is 3.48. The summed E-state index contributed by atoms with van der Waals surface area (Å²) in [5, 5.41) is 10.1. The quantitative estimate of drug-likeness (QED) is 0.636. The fourth-order valence-electron chi connectivity index (χ4n) is 5.89.